The van der Waals surface area contributed by atoms with Crippen molar-refractivity contribution in [3.05, 3.63) is 63.7 Å². The molecular formula is C25H30Zr. The quantitative estimate of drug-likeness (QED) is 0.492. The molecule has 0 spiro atoms. The summed E-state index contributed by atoms with van der Waals surface area (Å²) in [5.41, 5.74) is 11.6. The third-order valence-corrected chi connectivity index (χ3v) is 5.98. The average molecular weight is 422 g/mol. The van der Waals surface area contributed by atoms with Crippen LogP contribution in [0.5, 0.6) is 0 Å². The van der Waals surface area contributed by atoms with Crippen molar-refractivity contribution < 1.29 is 26.2 Å². The van der Waals surface area contributed by atoms with Gasteiger partial charge in [-0.15, -0.1) is 0 Å². The molecule has 0 nitrogen and oxygen atoms in total. The summed E-state index contributed by atoms with van der Waals surface area (Å²) < 4.78 is 0. The number of hydrogen-bond donors (Lipinski definition) is 0. The molecule has 0 saturated heterocycles. The van der Waals surface area contributed by atoms with Crippen LogP contribution in [0.15, 0.2) is 35.9 Å². The molecule has 4 rings (SSSR count). The minimum Gasteiger partial charge on any atom is -0.0649 e. The first-order valence-electron chi connectivity index (χ1n) is 10.00. The van der Waals surface area contributed by atoms with Crippen LogP contribution in [0.3, 0.4) is 0 Å². The van der Waals surface area contributed by atoms with Crippen LogP contribution in [0.4, 0.5) is 0 Å². The topological polar surface area (TPSA) is 0 Å². The van der Waals surface area contributed by atoms with Gasteiger partial charge in [0, 0.05) is 26.2 Å². The molecule has 1 saturated carbocycles. The fourth-order valence-electron chi connectivity index (χ4n) is 4.95. The summed E-state index contributed by atoms with van der Waals surface area (Å²) in [6.07, 6.45) is 12.2. The zero-order valence-corrected chi connectivity index (χ0v) is 18.9. The van der Waals surface area contributed by atoms with E-state index in [0.29, 0.717) is 0 Å². The maximum atomic E-state index is 2.52. The predicted octanol–water partition coefficient (Wildman–Crippen LogP) is 7.19. The smallest absolute Gasteiger partial charge is 0 e. The van der Waals surface area contributed by atoms with Crippen molar-refractivity contribution in [3.8, 4) is 11.1 Å². The maximum absolute atomic E-state index is 2.52. The molecule has 2 aromatic carbocycles. The first kappa shape index (κ1) is 19.8. The van der Waals surface area contributed by atoms with Crippen LogP contribution < -0.4 is 0 Å². The van der Waals surface area contributed by atoms with Crippen LogP contribution in [0.1, 0.15) is 66.3 Å². The monoisotopic (exact) mass is 420 g/mol. The Balaban J connectivity index is 0.00000196. The first-order valence-corrected chi connectivity index (χ1v) is 10.00. The van der Waals surface area contributed by atoms with Crippen molar-refractivity contribution in [3.63, 3.8) is 0 Å². The van der Waals surface area contributed by atoms with Gasteiger partial charge in [-0.25, -0.2) is 0 Å². The Morgan fingerprint density at radius 2 is 1.46 bits per heavy atom. The molecule has 26 heavy (non-hydrogen) atoms. The Bertz CT molecular complexity index is 802. The fraction of sp³-hybridized carbons (Fsp3) is 0.440. The van der Waals surface area contributed by atoms with Gasteiger partial charge in [-0.3, -0.25) is 0 Å². The number of fused-ring (bicyclic) bond motifs is 1. The zero-order valence-electron chi connectivity index (χ0n) is 16.5. The molecule has 0 bridgehead atoms. The molecular weight excluding hydrogens is 391 g/mol. The van der Waals surface area contributed by atoms with Gasteiger partial charge in [0.25, 0.3) is 0 Å². The number of rotatable bonds is 3. The normalized spacial score (nSPS) is 16.8. The van der Waals surface area contributed by atoms with E-state index in [-0.39, 0.29) is 26.2 Å². The zero-order chi connectivity index (χ0) is 17.4. The molecule has 0 heterocycles. The third kappa shape index (κ3) is 4.31. The predicted molar refractivity (Wildman–Crippen MR) is 109 cm³/mol. The summed E-state index contributed by atoms with van der Waals surface area (Å²) in [6, 6.07) is 11.7. The van der Waals surface area contributed by atoms with Crippen molar-refractivity contribution in [1.29, 1.82) is 0 Å². The summed E-state index contributed by atoms with van der Waals surface area (Å²) >= 11 is 0. The second-order valence-electron chi connectivity index (χ2n) is 8.45. The summed E-state index contributed by atoms with van der Waals surface area (Å²) in [5, 5.41) is 0. The SMILES string of the molecule is Cc1cc(C)cc(-c2cc(C)cc3c2C=C(CC2CCCCC2)C3)c1.[Zr]. The van der Waals surface area contributed by atoms with E-state index in [1.807, 2.05) is 0 Å². The van der Waals surface area contributed by atoms with Crippen LogP contribution in [0.2, 0.25) is 0 Å². The molecule has 0 N–H and O–H groups in total. The van der Waals surface area contributed by atoms with E-state index in [4.69, 9.17) is 0 Å². The maximum Gasteiger partial charge on any atom is 0 e. The van der Waals surface area contributed by atoms with E-state index in [0.717, 1.165) is 5.92 Å². The van der Waals surface area contributed by atoms with Crippen molar-refractivity contribution in [1.82, 2.24) is 0 Å². The average Bonchev–Trinajstić information content (AvgIpc) is 2.96. The second kappa shape index (κ2) is 8.39. The van der Waals surface area contributed by atoms with Crippen LogP contribution in [-0.4, -0.2) is 0 Å². The Morgan fingerprint density at radius 3 is 2.15 bits per heavy atom. The van der Waals surface area contributed by atoms with Crippen molar-refractivity contribution in [2.45, 2.75) is 65.7 Å². The molecule has 0 unspecified atom stereocenters. The van der Waals surface area contributed by atoms with E-state index < -0.39 is 0 Å². The van der Waals surface area contributed by atoms with Crippen molar-refractivity contribution >= 4 is 6.08 Å². The van der Waals surface area contributed by atoms with Gasteiger partial charge in [-0.2, -0.15) is 0 Å². The molecule has 0 radical (unpaired) electrons. The second-order valence-corrected chi connectivity index (χ2v) is 8.45. The molecule has 2 aliphatic carbocycles. The van der Waals surface area contributed by atoms with E-state index in [1.54, 1.807) is 11.1 Å². The molecule has 2 aliphatic rings. The summed E-state index contributed by atoms with van der Waals surface area (Å²) in [4.78, 5) is 0. The molecule has 0 atom stereocenters. The van der Waals surface area contributed by atoms with Gasteiger partial charge < -0.3 is 0 Å². The number of benzene rings is 2. The van der Waals surface area contributed by atoms with Gasteiger partial charge in [-0.05, 0) is 61.8 Å². The Morgan fingerprint density at radius 1 is 0.808 bits per heavy atom. The standard InChI is InChI=1S/C25H30.Zr/c1-17-9-18(2)11-22(10-17)24-13-19(3)12-23-15-21(16-25(23)24)14-20-7-5-4-6-8-20;/h9-13,16,20H,4-8,14-15H2,1-3H3;. The van der Waals surface area contributed by atoms with E-state index in [9.17, 15) is 0 Å². The Kier molecular flexibility index (Phi) is 6.39. The summed E-state index contributed by atoms with van der Waals surface area (Å²) in [7, 11) is 0. The molecule has 0 aromatic heterocycles. The van der Waals surface area contributed by atoms with Gasteiger partial charge in [0.2, 0.25) is 0 Å². The van der Waals surface area contributed by atoms with Gasteiger partial charge >= 0.3 is 0 Å². The van der Waals surface area contributed by atoms with Crippen molar-refractivity contribution in [2.24, 2.45) is 5.92 Å². The van der Waals surface area contributed by atoms with Crippen LogP contribution in [0.25, 0.3) is 17.2 Å². The molecule has 0 amide bonds. The minimum absolute atomic E-state index is 0. The third-order valence-electron chi connectivity index (χ3n) is 5.98. The Labute approximate surface area is 178 Å². The van der Waals surface area contributed by atoms with Crippen LogP contribution in [-0.2, 0) is 32.6 Å². The molecule has 2 aromatic rings. The minimum atomic E-state index is 0. The first-order chi connectivity index (χ1) is 12.1. The Hall–Kier alpha value is -0.937. The van der Waals surface area contributed by atoms with Crippen LogP contribution in [0, 0.1) is 26.7 Å². The number of hydrogen-bond acceptors (Lipinski definition) is 0. The molecule has 0 aliphatic heterocycles. The van der Waals surface area contributed by atoms with Gasteiger partial charge in [0.15, 0.2) is 0 Å². The fourth-order valence-corrected chi connectivity index (χ4v) is 4.95. The number of aryl methyl sites for hydroxylation is 3. The molecule has 134 valence electrons. The number of allylic oxidation sites excluding steroid dienone is 1. The van der Waals surface area contributed by atoms with E-state index in [1.165, 1.54) is 78.3 Å². The van der Waals surface area contributed by atoms with Crippen LogP contribution >= 0.6 is 0 Å². The van der Waals surface area contributed by atoms with Gasteiger partial charge in [-0.1, -0.05) is 90.8 Å². The van der Waals surface area contributed by atoms with E-state index >= 15 is 0 Å². The van der Waals surface area contributed by atoms with Gasteiger partial charge in [0.1, 0.15) is 0 Å². The summed E-state index contributed by atoms with van der Waals surface area (Å²) in [6.45, 7) is 6.65. The van der Waals surface area contributed by atoms with Crippen molar-refractivity contribution in [2.75, 3.05) is 0 Å². The molecule has 1 heteroatoms. The van der Waals surface area contributed by atoms with Gasteiger partial charge in [0.05, 0.1) is 0 Å². The largest absolute Gasteiger partial charge is 0.0649 e. The molecule has 1 fully saturated rings. The summed E-state index contributed by atoms with van der Waals surface area (Å²) in [5.74, 6) is 0.931. The van der Waals surface area contributed by atoms with E-state index in [2.05, 4.69) is 57.2 Å².